The number of carbonyl (C=O) groups is 9. The summed E-state index contributed by atoms with van der Waals surface area (Å²) >= 11 is 0. The third kappa shape index (κ3) is 28.9. The maximum absolute atomic E-state index is 14.3. The Morgan fingerprint density at radius 2 is 1.12 bits per heavy atom. The summed E-state index contributed by atoms with van der Waals surface area (Å²) in [5.74, 6) is -5.62. The lowest BCUT2D eigenvalue weighted by Gasteiger charge is -2.27. The van der Waals surface area contributed by atoms with Crippen LogP contribution in [0.15, 0.2) is 180 Å². The maximum atomic E-state index is 14.3. The Kier molecular flexibility index (Phi) is 34.8. The molecule has 0 radical (unpaired) electrons. The highest BCUT2D eigenvalue weighted by molar-refractivity contribution is 7.86. The van der Waals surface area contributed by atoms with Crippen LogP contribution in [0.5, 0.6) is 5.75 Å². The zero-order valence-electron chi connectivity index (χ0n) is 66.9. The van der Waals surface area contributed by atoms with Crippen LogP contribution in [0.3, 0.4) is 0 Å². The second-order valence-corrected chi connectivity index (χ2v) is 34.5. The first-order chi connectivity index (χ1) is 55.3. The predicted octanol–water partition coefficient (Wildman–Crippen LogP) is 13.6. The van der Waals surface area contributed by atoms with Crippen LogP contribution in [0, 0.1) is 5.92 Å². The van der Waals surface area contributed by atoms with Crippen molar-refractivity contribution < 1.29 is 93.7 Å². The average molecular weight is 1640 g/mol. The molecule has 3 aliphatic rings. The molecule has 1 unspecified atom stereocenters. The fraction of sp³-hybridized carbons (Fsp3) is 0.461. The molecule has 8 rings (SSSR count). The number of para-hydroxylation sites is 2. The molecule has 0 saturated carbocycles. The van der Waals surface area contributed by atoms with Gasteiger partial charge < -0.3 is 46.2 Å². The first-order valence-electron chi connectivity index (χ1n) is 40.3. The van der Waals surface area contributed by atoms with Gasteiger partial charge in [-0.15, -0.1) is 0 Å². The van der Waals surface area contributed by atoms with E-state index in [1.807, 2.05) is 84.9 Å². The second-order valence-electron chi connectivity index (χ2n) is 31.3. The van der Waals surface area contributed by atoms with Crippen molar-refractivity contribution in [3.8, 4) is 5.75 Å². The molecule has 1 aliphatic carbocycles. The number of fused-ring (bicyclic) bond motifs is 2. The number of Topliss-reactive ketones (excluding diaryl/α,β-unsaturated/α-hetero) is 3. The molecule has 0 bridgehead atoms. The van der Waals surface area contributed by atoms with E-state index in [1.54, 1.807) is 24.3 Å². The first kappa shape index (κ1) is 91.3. The molecule has 0 saturated heterocycles. The molecule has 2 aliphatic heterocycles. The van der Waals surface area contributed by atoms with Gasteiger partial charge in [0.15, 0.2) is 11.5 Å². The molecule has 25 nitrogen and oxygen atoms in total. The zero-order valence-corrected chi connectivity index (χ0v) is 68.5. The van der Waals surface area contributed by atoms with Gasteiger partial charge in [0.2, 0.25) is 17.5 Å². The Bertz CT molecular complexity index is 4670. The van der Waals surface area contributed by atoms with E-state index < -0.39 is 90.9 Å². The zero-order chi connectivity index (χ0) is 84.0. The van der Waals surface area contributed by atoms with Gasteiger partial charge in [0.05, 0.1) is 23.0 Å². The number of carbonyl (C=O) groups excluding carboxylic acids is 6. The fourth-order valence-corrected chi connectivity index (χ4v) is 16.4. The number of hydrogen-bond acceptors (Lipinski definition) is 15. The van der Waals surface area contributed by atoms with Gasteiger partial charge in [-0.25, -0.2) is 14.4 Å². The largest absolute Gasteiger partial charge is 0.481 e. The Hall–Kier alpha value is -10.2. The van der Waals surface area contributed by atoms with Crippen LogP contribution >= 0.6 is 0 Å². The molecule has 0 spiro atoms. The number of ether oxygens (including phenoxy) is 1. The van der Waals surface area contributed by atoms with Gasteiger partial charge in [0, 0.05) is 111 Å². The van der Waals surface area contributed by atoms with Crippen LogP contribution in [-0.2, 0) is 88.7 Å². The van der Waals surface area contributed by atoms with Crippen LogP contribution in [0.4, 0.5) is 16.2 Å². The maximum Gasteiger partial charge on any atom is 0.326 e. The number of amides is 4. The van der Waals surface area contributed by atoms with E-state index >= 15 is 0 Å². The van der Waals surface area contributed by atoms with Crippen molar-refractivity contribution in [1.82, 2.24) is 21.3 Å². The standard InChI is InChI=1S/C89H112N6O19S2/c1-88(2)71-36-17-19-38-76(71)94(54-21-23-56-115(108,109)110)79(88)51-45-65-32-25-33-66(46-52-80-89(3,4)72-37-18-20-39-77(72)95(80)55-22-24-57-116(111,112)113)83(65)114-70-48-43-64(44-49-70)60-75(86(105)106)91-81(99)41-16-8-6-5-7-15-40-78(98)74(59-63-30-13-10-14-31-63)92-84(102)67(58-62-28-11-9-12-29-62)61-69(97)35-26-34-68(96)47-50-73(85(103)104)93-87(107)90-53-27-42-82(100)101/h9-14,17-20,28-31,36-39,43-46,48-49,51-52,67,73-75H,5-8,15-16,21-27,32-35,40-42,47,50,53-61H2,1-4H3,(H8-,90,91,92,93,99,100,101,102,103,104,105,106,107,108,109,110,111,112,113)/p+1/t67?,73-,74-,75-/m0/s1. The van der Waals surface area contributed by atoms with Crippen molar-refractivity contribution in [2.75, 3.05) is 36.0 Å². The lowest BCUT2D eigenvalue weighted by atomic mass is 9.81. The minimum Gasteiger partial charge on any atom is -0.481 e. The number of benzene rings is 5. The Morgan fingerprint density at radius 3 is 1.78 bits per heavy atom. The molecule has 116 heavy (non-hydrogen) atoms. The number of nitrogens with one attached hydrogen (secondary N) is 4. The summed E-state index contributed by atoms with van der Waals surface area (Å²) in [5, 5.41) is 39.2. The molecular formula is C89H113N6O19S2+. The highest BCUT2D eigenvalue weighted by atomic mass is 32.2. The minimum atomic E-state index is -4.14. The van der Waals surface area contributed by atoms with Crippen molar-refractivity contribution in [3.05, 3.63) is 208 Å². The van der Waals surface area contributed by atoms with E-state index in [2.05, 4.69) is 107 Å². The molecule has 5 aromatic carbocycles. The van der Waals surface area contributed by atoms with Gasteiger partial charge in [0.25, 0.3) is 20.2 Å². The van der Waals surface area contributed by atoms with Gasteiger partial charge in [-0.3, -0.25) is 37.9 Å². The molecule has 4 atom stereocenters. The average Bonchev–Trinajstić information content (AvgIpc) is 1.60. The number of hydrogen-bond donors (Lipinski definition) is 9. The van der Waals surface area contributed by atoms with Crippen molar-refractivity contribution in [3.63, 3.8) is 0 Å². The summed E-state index contributed by atoms with van der Waals surface area (Å²) in [6.45, 7) is 9.65. The van der Waals surface area contributed by atoms with E-state index in [0.717, 1.165) is 75.4 Å². The van der Waals surface area contributed by atoms with E-state index in [9.17, 15) is 79.3 Å². The van der Waals surface area contributed by atoms with E-state index in [1.165, 1.54) is 0 Å². The van der Waals surface area contributed by atoms with E-state index in [4.69, 9.17) is 9.84 Å². The summed E-state index contributed by atoms with van der Waals surface area (Å²) in [5.41, 5.74) is 9.48. The number of nitrogens with zero attached hydrogens (tertiary/aromatic N) is 2. The van der Waals surface area contributed by atoms with Gasteiger partial charge in [0.1, 0.15) is 41.7 Å². The fourth-order valence-electron chi connectivity index (χ4n) is 15.3. The minimum absolute atomic E-state index is 0.00610. The number of aliphatic carboxylic acids is 3. The summed E-state index contributed by atoms with van der Waals surface area (Å²) in [4.78, 5) is 118. The summed E-state index contributed by atoms with van der Waals surface area (Å²) in [6, 6.07) is 37.5. The van der Waals surface area contributed by atoms with Crippen molar-refractivity contribution in [2.24, 2.45) is 5.92 Å². The van der Waals surface area contributed by atoms with Crippen molar-refractivity contribution >= 4 is 90.4 Å². The molecule has 0 aromatic heterocycles. The number of allylic oxidation sites excluding steroid dienone is 7. The van der Waals surface area contributed by atoms with Gasteiger partial charge in [-0.2, -0.15) is 21.4 Å². The van der Waals surface area contributed by atoms with Crippen LogP contribution in [0.1, 0.15) is 203 Å². The molecule has 624 valence electrons. The third-order valence-corrected chi connectivity index (χ3v) is 23.2. The lowest BCUT2D eigenvalue weighted by Crippen LogP contribution is -2.46. The lowest BCUT2D eigenvalue weighted by molar-refractivity contribution is -0.438. The number of ketones is 3. The molecular weight excluding hydrogens is 1520 g/mol. The third-order valence-electron chi connectivity index (χ3n) is 21.6. The number of urea groups is 1. The molecule has 0 fully saturated rings. The number of carboxylic acid groups (broad SMARTS) is 3. The number of unbranched alkanes of at least 4 members (excludes halogenated alkanes) is 7. The molecule has 2 heterocycles. The topological polar surface area (TPSA) is 387 Å². The van der Waals surface area contributed by atoms with Crippen LogP contribution in [0.2, 0.25) is 0 Å². The SMILES string of the molecule is CC1(C)C(=CC=C2CCCC(C=CC3=[N+](CCCCS(=O)(=O)O)c4ccccc4C3(C)C)=C2Oc2ccc(C[C@H](NC(=O)CCCCCCCCC(=O)[C@H](Cc3ccccc3)NC(=O)C(CC(=O)CCCC(=O)CC[C@H](NC(=O)NCCCC(=O)O)C(=O)O)Cc3ccccc3)C(=O)O)cc2)N(CCCCS(=O)(=O)O)c2ccccc21. The molecule has 9 N–H and O–H groups in total. The van der Waals surface area contributed by atoms with Crippen molar-refractivity contribution in [2.45, 2.75) is 224 Å². The van der Waals surface area contributed by atoms with E-state index in [-0.39, 0.29) is 132 Å². The van der Waals surface area contributed by atoms with E-state index in [0.29, 0.717) is 81.5 Å². The normalized spacial score (nSPS) is 16.1. The van der Waals surface area contributed by atoms with Crippen molar-refractivity contribution in [1.29, 1.82) is 0 Å². The number of carboxylic acids is 3. The molecule has 4 amide bonds. The Balaban J connectivity index is 0.859. The molecule has 5 aromatic rings. The van der Waals surface area contributed by atoms with Crippen LogP contribution in [-0.4, -0.2) is 154 Å². The number of rotatable bonds is 50. The first-order valence-corrected chi connectivity index (χ1v) is 43.5. The van der Waals surface area contributed by atoms with Gasteiger partial charge >= 0.3 is 23.9 Å². The van der Waals surface area contributed by atoms with Crippen LogP contribution < -0.4 is 30.9 Å². The Morgan fingerprint density at radius 1 is 0.534 bits per heavy atom. The quantitative estimate of drug-likeness (QED) is 0.00992. The summed E-state index contributed by atoms with van der Waals surface area (Å²) < 4.78 is 75.1. The summed E-state index contributed by atoms with van der Waals surface area (Å²) in [7, 11) is -8.28. The Labute approximate surface area is 681 Å². The highest BCUT2D eigenvalue weighted by Gasteiger charge is 2.45. The second kappa shape index (κ2) is 44.2. The number of anilines is 1. The summed E-state index contributed by atoms with van der Waals surface area (Å²) in [6.07, 6.45) is 16.2. The smallest absolute Gasteiger partial charge is 0.326 e. The molecule has 27 heteroatoms. The van der Waals surface area contributed by atoms with Gasteiger partial charge in [-0.1, -0.05) is 155 Å². The van der Waals surface area contributed by atoms with Crippen LogP contribution in [0.25, 0.3) is 0 Å². The monoisotopic (exact) mass is 1630 g/mol. The predicted molar refractivity (Wildman–Crippen MR) is 444 cm³/mol. The van der Waals surface area contributed by atoms with Gasteiger partial charge in [-0.05, 0) is 161 Å². The highest BCUT2D eigenvalue weighted by Crippen LogP contribution is 2.48.